The van der Waals surface area contributed by atoms with Gasteiger partial charge in [0.25, 0.3) is 5.91 Å². The fourth-order valence-electron chi connectivity index (χ4n) is 4.97. The number of carbonyl (C=O) groups excluding carboxylic acids is 1. The van der Waals surface area contributed by atoms with Gasteiger partial charge >= 0.3 is 6.18 Å². The average Bonchev–Trinajstić information content (AvgIpc) is 3.27. The minimum Gasteiger partial charge on any atom is -0.368 e. The topological polar surface area (TPSA) is 55.5 Å². The third-order valence-electron chi connectivity index (χ3n) is 7.10. The molecule has 2 aliphatic rings. The van der Waals surface area contributed by atoms with Gasteiger partial charge in [-0.2, -0.15) is 13.2 Å². The summed E-state index contributed by atoms with van der Waals surface area (Å²) in [5.41, 5.74) is 2.78. The Bertz CT molecular complexity index is 1160. The minimum absolute atomic E-state index is 0.217. The van der Waals surface area contributed by atoms with Crippen molar-refractivity contribution >= 4 is 22.6 Å². The number of fused-ring (bicyclic) bond motifs is 1. The van der Waals surface area contributed by atoms with Crippen LogP contribution >= 0.6 is 0 Å². The maximum absolute atomic E-state index is 12.8. The summed E-state index contributed by atoms with van der Waals surface area (Å²) in [5.74, 6) is 0.0834. The van der Waals surface area contributed by atoms with Gasteiger partial charge < -0.3 is 19.7 Å². The first-order chi connectivity index (χ1) is 16.3. The van der Waals surface area contributed by atoms with E-state index in [1.807, 2.05) is 12.4 Å². The Morgan fingerprint density at radius 1 is 1.03 bits per heavy atom. The first kappa shape index (κ1) is 22.7. The summed E-state index contributed by atoms with van der Waals surface area (Å²) in [6, 6.07) is 6.69. The average molecular weight is 472 g/mol. The number of aromatic nitrogens is 2. The number of pyridine rings is 1. The number of benzene rings is 1. The van der Waals surface area contributed by atoms with Gasteiger partial charge in [-0.1, -0.05) is 0 Å². The highest BCUT2D eigenvalue weighted by Gasteiger charge is 2.31. The van der Waals surface area contributed by atoms with E-state index in [1.165, 1.54) is 17.7 Å². The van der Waals surface area contributed by atoms with Crippen molar-refractivity contribution in [3.8, 4) is 0 Å². The Hall–Kier alpha value is -3.07. The summed E-state index contributed by atoms with van der Waals surface area (Å²) in [5, 5.41) is 1.13. The van der Waals surface area contributed by atoms with Crippen LogP contribution in [0, 0.1) is 0 Å². The number of anilines is 1. The largest absolute Gasteiger partial charge is 0.416 e. The SMILES string of the molecule is CN1CCN(c2cnc3[nH]cc(C4CCN(C(=O)c5ccc(C(F)(F)F)cc5)CC4)c3c2)CC1. The van der Waals surface area contributed by atoms with Crippen LogP contribution in [0.5, 0.6) is 0 Å². The van der Waals surface area contributed by atoms with Crippen LogP contribution in [0.3, 0.4) is 0 Å². The number of alkyl halides is 3. The summed E-state index contributed by atoms with van der Waals surface area (Å²) in [4.78, 5) is 27.2. The molecule has 0 spiro atoms. The van der Waals surface area contributed by atoms with Crippen molar-refractivity contribution < 1.29 is 18.0 Å². The Kier molecular flexibility index (Phi) is 5.97. The highest BCUT2D eigenvalue weighted by atomic mass is 19.4. The molecule has 0 atom stereocenters. The van der Waals surface area contributed by atoms with Crippen LogP contribution in [0.2, 0.25) is 0 Å². The molecule has 2 aromatic heterocycles. The summed E-state index contributed by atoms with van der Waals surface area (Å²) in [6.07, 6.45) is 1.16. The third-order valence-corrected chi connectivity index (χ3v) is 7.10. The molecule has 6 nitrogen and oxygen atoms in total. The van der Waals surface area contributed by atoms with Crippen LogP contribution in [-0.4, -0.2) is 72.0 Å². The van der Waals surface area contributed by atoms with E-state index in [1.54, 1.807) is 4.90 Å². The van der Waals surface area contributed by atoms with Gasteiger partial charge in [-0.3, -0.25) is 4.79 Å². The summed E-state index contributed by atoms with van der Waals surface area (Å²) in [7, 11) is 2.14. The van der Waals surface area contributed by atoms with Gasteiger partial charge in [-0.15, -0.1) is 0 Å². The van der Waals surface area contributed by atoms with Gasteiger partial charge in [-0.05, 0) is 61.7 Å². The smallest absolute Gasteiger partial charge is 0.368 e. The first-order valence-electron chi connectivity index (χ1n) is 11.7. The Labute approximate surface area is 196 Å². The number of piperidine rings is 1. The molecule has 0 bridgehead atoms. The highest BCUT2D eigenvalue weighted by molar-refractivity contribution is 5.94. The number of likely N-dealkylation sites (N-methyl/N-ethyl adjacent to an activating group) is 1. The van der Waals surface area contributed by atoms with Gasteiger partial charge in [0.15, 0.2) is 0 Å². The minimum atomic E-state index is -4.40. The van der Waals surface area contributed by atoms with Gasteiger partial charge in [-0.25, -0.2) is 4.98 Å². The zero-order valence-corrected chi connectivity index (χ0v) is 19.1. The molecular formula is C25H28F3N5O. The number of halogens is 3. The number of piperazine rings is 1. The molecule has 3 aromatic rings. The van der Waals surface area contributed by atoms with E-state index < -0.39 is 11.7 Å². The zero-order valence-electron chi connectivity index (χ0n) is 19.1. The number of carbonyl (C=O) groups is 1. The van der Waals surface area contributed by atoms with E-state index >= 15 is 0 Å². The van der Waals surface area contributed by atoms with Crippen LogP contribution in [0.1, 0.15) is 40.2 Å². The van der Waals surface area contributed by atoms with Crippen LogP contribution in [0.4, 0.5) is 18.9 Å². The van der Waals surface area contributed by atoms with Crippen LogP contribution in [-0.2, 0) is 6.18 Å². The lowest BCUT2D eigenvalue weighted by Gasteiger charge is -2.34. The molecule has 4 heterocycles. The van der Waals surface area contributed by atoms with Gasteiger partial charge in [0.05, 0.1) is 17.4 Å². The number of rotatable bonds is 3. The summed E-state index contributed by atoms with van der Waals surface area (Å²) >= 11 is 0. The van der Waals surface area contributed by atoms with Crippen molar-refractivity contribution in [3.63, 3.8) is 0 Å². The van der Waals surface area contributed by atoms with Gasteiger partial charge in [0, 0.05) is 56.4 Å². The number of nitrogens with one attached hydrogen (secondary N) is 1. The fraction of sp³-hybridized carbons (Fsp3) is 0.440. The molecule has 0 radical (unpaired) electrons. The standard InChI is InChI=1S/C25H28F3N5O/c1-31-10-12-32(13-11-31)20-14-21-22(16-30-23(21)29-15-20)17-6-8-33(9-7-17)24(34)18-2-4-19(5-3-18)25(26,27)28/h2-5,14-17H,6-13H2,1H3,(H,29,30). The second-order valence-electron chi connectivity index (χ2n) is 9.27. The van der Waals surface area contributed by atoms with E-state index in [0.29, 0.717) is 24.6 Å². The van der Waals surface area contributed by atoms with Gasteiger partial charge in [0.1, 0.15) is 5.65 Å². The normalized spacial score (nSPS) is 18.6. The maximum Gasteiger partial charge on any atom is 0.416 e. The Morgan fingerprint density at radius 3 is 2.35 bits per heavy atom. The van der Waals surface area contributed by atoms with E-state index in [0.717, 1.165) is 67.9 Å². The second-order valence-corrected chi connectivity index (χ2v) is 9.27. The molecule has 2 aliphatic heterocycles. The third kappa shape index (κ3) is 4.49. The number of likely N-dealkylation sites (tertiary alicyclic amines) is 1. The lowest BCUT2D eigenvalue weighted by Crippen LogP contribution is -2.44. The lowest BCUT2D eigenvalue weighted by molar-refractivity contribution is -0.137. The van der Waals surface area contributed by atoms with Crippen molar-refractivity contribution in [2.75, 3.05) is 51.2 Å². The number of hydrogen-bond donors (Lipinski definition) is 1. The molecule has 2 saturated heterocycles. The molecule has 0 unspecified atom stereocenters. The quantitative estimate of drug-likeness (QED) is 0.617. The highest BCUT2D eigenvalue weighted by Crippen LogP contribution is 2.35. The monoisotopic (exact) mass is 471 g/mol. The molecule has 0 aliphatic carbocycles. The molecule has 9 heteroatoms. The summed E-state index contributed by atoms with van der Waals surface area (Å²) in [6.45, 7) is 5.17. The molecule has 34 heavy (non-hydrogen) atoms. The first-order valence-corrected chi connectivity index (χ1v) is 11.7. The van der Waals surface area contributed by atoms with Crippen molar-refractivity contribution in [3.05, 3.63) is 59.4 Å². The van der Waals surface area contributed by atoms with Crippen molar-refractivity contribution in [1.82, 2.24) is 19.8 Å². The zero-order chi connectivity index (χ0) is 23.9. The number of nitrogens with zero attached hydrogens (tertiary/aromatic N) is 4. The van der Waals surface area contributed by atoms with E-state index in [2.05, 4.69) is 32.9 Å². The Morgan fingerprint density at radius 2 is 1.71 bits per heavy atom. The van der Waals surface area contributed by atoms with Crippen LogP contribution in [0.15, 0.2) is 42.7 Å². The van der Waals surface area contributed by atoms with Crippen molar-refractivity contribution in [1.29, 1.82) is 0 Å². The molecule has 1 N–H and O–H groups in total. The van der Waals surface area contributed by atoms with Crippen molar-refractivity contribution in [2.45, 2.75) is 24.9 Å². The molecule has 5 rings (SSSR count). The maximum atomic E-state index is 12.8. The van der Waals surface area contributed by atoms with Gasteiger partial charge in [0.2, 0.25) is 0 Å². The molecule has 180 valence electrons. The molecule has 1 aromatic carbocycles. The Balaban J connectivity index is 1.26. The second kappa shape index (κ2) is 8.94. The summed E-state index contributed by atoms with van der Waals surface area (Å²) < 4.78 is 38.4. The predicted octanol–water partition coefficient (Wildman–Crippen LogP) is 4.35. The van der Waals surface area contributed by atoms with E-state index in [9.17, 15) is 18.0 Å². The van der Waals surface area contributed by atoms with Crippen LogP contribution in [0.25, 0.3) is 11.0 Å². The number of amides is 1. The number of hydrogen-bond acceptors (Lipinski definition) is 4. The molecule has 1 amide bonds. The lowest BCUT2D eigenvalue weighted by atomic mass is 9.89. The molecular weight excluding hydrogens is 443 g/mol. The van der Waals surface area contributed by atoms with Crippen molar-refractivity contribution in [2.24, 2.45) is 0 Å². The number of H-pyrrole nitrogens is 1. The molecule has 0 saturated carbocycles. The van der Waals surface area contributed by atoms with E-state index in [-0.39, 0.29) is 5.91 Å². The fourth-order valence-corrected chi connectivity index (χ4v) is 4.97. The predicted molar refractivity (Wildman–Crippen MR) is 125 cm³/mol. The molecule has 2 fully saturated rings. The van der Waals surface area contributed by atoms with E-state index in [4.69, 9.17) is 0 Å². The number of aromatic amines is 1. The van der Waals surface area contributed by atoms with Crippen LogP contribution < -0.4 is 4.90 Å².